The van der Waals surface area contributed by atoms with E-state index in [2.05, 4.69) is 6.92 Å². The molecule has 0 bridgehead atoms. The van der Waals surface area contributed by atoms with Crippen molar-refractivity contribution >= 4 is 0 Å². The maximum absolute atomic E-state index is 2.33. The van der Waals surface area contributed by atoms with E-state index in [1.165, 1.54) is 18.8 Å². The van der Waals surface area contributed by atoms with E-state index in [9.17, 15) is 0 Å². The summed E-state index contributed by atoms with van der Waals surface area (Å²) >= 11 is 0. The second-order valence-electron chi connectivity index (χ2n) is 6.42. The van der Waals surface area contributed by atoms with Gasteiger partial charge in [0.05, 0.1) is 0 Å². The van der Waals surface area contributed by atoms with Gasteiger partial charge in [-0.2, -0.15) is 0 Å². The van der Waals surface area contributed by atoms with Crippen molar-refractivity contribution in [2.45, 2.75) is 58.3 Å². The van der Waals surface area contributed by atoms with Crippen molar-refractivity contribution in [1.29, 1.82) is 0 Å². The van der Waals surface area contributed by atoms with E-state index in [1.807, 2.05) is 0 Å². The second kappa shape index (κ2) is 1.73. The molecule has 72 valence electrons. The van der Waals surface area contributed by atoms with Crippen molar-refractivity contribution in [1.82, 2.24) is 0 Å². The Bertz CT molecular complexity index is 276. The zero-order chi connectivity index (χ0) is 8.73. The molecule has 13 heavy (non-hydrogen) atoms. The number of unbranched alkanes of at least 4 members (excludes halogenated alkanes) is 1. The van der Waals surface area contributed by atoms with Gasteiger partial charge in [0, 0.05) is 0 Å². The van der Waals surface area contributed by atoms with Gasteiger partial charge in [-0.05, 0) is 60.7 Å². The van der Waals surface area contributed by atoms with E-state index in [-0.39, 0.29) is 0 Å². The first kappa shape index (κ1) is 7.31. The van der Waals surface area contributed by atoms with Gasteiger partial charge in [0.25, 0.3) is 0 Å². The minimum Gasteiger partial charge on any atom is -0.0654 e. The van der Waals surface area contributed by atoms with Crippen LogP contribution in [0.2, 0.25) is 0 Å². The fourth-order valence-corrected chi connectivity index (χ4v) is 4.80. The van der Waals surface area contributed by atoms with Crippen LogP contribution in [0, 0.1) is 22.2 Å². The van der Waals surface area contributed by atoms with Crippen LogP contribution >= 0.6 is 0 Å². The Kier molecular flexibility index (Phi) is 0.971. The highest BCUT2D eigenvalue weighted by Crippen LogP contribution is 3.02. The maximum atomic E-state index is 2.33. The number of hydrogen-bond acceptors (Lipinski definition) is 0. The molecule has 4 aliphatic carbocycles. The van der Waals surface area contributed by atoms with E-state index in [4.69, 9.17) is 0 Å². The molecule has 0 amide bonds. The van der Waals surface area contributed by atoms with Crippen LogP contribution in [0.1, 0.15) is 58.3 Å². The first-order valence-electron chi connectivity index (χ1n) is 6.29. The summed E-state index contributed by atoms with van der Waals surface area (Å²) in [6.07, 6.45) is 12.6. The van der Waals surface area contributed by atoms with Gasteiger partial charge >= 0.3 is 0 Å². The zero-order valence-corrected chi connectivity index (χ0v) is 8.73. The zero-order valence-electron chi connectivity index (χ0n) is 8.73. The standard InChI is InChI=1S/C13H20/c1-2-3-4-10-7-12(10)9-13(12)8-11(13)5-6-11/h10H,2-9H2,1H3. The smallest absolute Gasteiger partial charge is 0.0170 e. The molecule has 0 aromatic carbocycles. The summed E-state index contributed by atoms with van der Waals surface area (Å²) < 4.78 is 0. The van der Waals surface area contributed by atoms with Crippen molar-refractivity contribution in [3.63, 3.8) is 0 Å². The SMILES string of the molecule is CCCCC1CC12CC21CC12CC2. The van der Waals surface area contributed by atoms with E-state index in [0.717, 1.165) is 16.2 Å². The van der Waals surface area contributed by atoms with Crippen molar-refractivity contribution in [2.24, 2.45) is 22.2 Å². The van der Waals surface area contributed by atoms with Crippen LogP contribution in [0.15, 0.2) is 0 Å². The Morgan fingerprint density at radius 3 is 2.69 bits per heavy atom. The molecule has 4 fully saturated rings. The third-order valence-corrected chi connectivity index (χ3v) is 5.97. The Balaban J connectivity index is 1.44. The minimum atomic E-state index is 0.971. The minimum absolute atomic E-state index is 0.971. The van der Waals surface area contributed by atoms with Crippen molar-refractivity contribution in [3.05, 3.63) is 0 Å². The summed E-state index contributed by atoms with van der Waals surface area (Å²) in [5, 5.41) is 0. The molecule has 0 nitrogen and oxygen atoms in total. The average Bonchev–Trinajstić information content (AvgIpc) is 2.94. The first-order valence-corrected chi connectivity index (χ1v) is 6.29. The maximum Gasteiger partial charge on any atom is -0.0170 e. The van der Waals surface area contributed by atoms with Crippen LogP contribution in [-0.2, 0) is 0 Å². The predicted octanol–water partition coefficient (Wildman–Crippen LogP) is 3.76. The van der Waals surface area contributed by atoms with Crippen molar-refractivity contribution < 1.29 is 0 Å². The highest BCUT2D eigenvalue weighted by atomic mass is 15.0. The monoisotopic (exact) mass is 176 g/mol. The Labute approximate surface area is 81.1 Å². The van der Waals surface area contributed by atoms with Gasteiger partial charge in [0.2, 0.25) is 0 Å². The Morgan fingerprint density at radius 2 is 2.08 bits per heavy atom. The lowest BCUT2D eigenvalue weighted by atomic mass is 10.1. The molecule has 0 radical (unpaired) electrons. The molecule has 4 rings (SSSR count). The quantitative estimate of drug-likeness (QED) is 0.614. The van der Waals surface area contributed by atoms with Gasteiger partial charge in [-0.15, -0.1) is 0 Å². The van der Waals surface area contributed by atoms with Crippen LogP contribution in [0.5, 0.6) is 0 Å². The third-order valence-electron chi connectivity index (χ3n) is 5.97. The second-order valence-corrected chi connectivity index (χ2v) is 6.42. The van der Waals surface area contributed by atoms with Crippen LogP contribution in [0.25, 0.3) is 0 Å². The molecule has 3 unspecified atom stereocenters. The van der Waals surface area contributed by atoms with E-state index >= 15 is 0 Å². The Morgan fingerprint density at radius 1 is 1.23 bits per heavy atom. The summed E-state index contributed by atoms with van der Waals surface area (Å²) in [5.74, 6) is 1.19. The number of rotatable bonds is 3. The topological polar surface area (TPSA) is 0 Å². The van der Waals surface area contributed by atoms with Gasteiger partial charge in [0.1, 0.15) is 0 Å². The largest absolute Gasteiger partial charge is 0.0654 e. The first-order chi connectivity index (χ1) is 6.29. The van der Waals surface area contributed by atoms with Crippen molar-refractivity contribution in [3.8, 4) is 0 Å². The summed E-state index contributed by atoms with van der Waals surface area (Å²) in [5.41, 5.74) is 2.94. The van der Waals surface area contributed by atoms with Gasteiger partial charge in [0.15, 0.2) is 0 Å². The Hall–Kier alpha value is 0. The van der Waals surface area contributed by atoms with Crippen LogP contribution in [0.3, 0.4) is 0 Å². The molecule has 0 heteroatoms. The molecular weight excluding hydrogens is 156 g/mol. The summed E-state index contributed by atoms with van der Waals surface area (Å²) in [6, 6.07) is 0. The van der Waals surface area contributed by atoms with Gasteiger partial charge < -0.3 is 0 Å². The van der Waals surface area contributed by atoms with Crippen LogP contribution < -0.4 is 0 Å². The molecule has 3 atom stereocenters. The molecular formula is C13H20. The van der Waals surface area contributed by atoms with E-state index in [0.29, 0.717) is 0 Å². The van der Waals surface area contributed by atoms with Gasteiger partial charge in [-0.25, -0.2) is 0 Å². The molecule has 0 N–H and O–H groups in total. The fraction of sp³-hybridized carbons (Fsp3) is 1.00. The van der Waals surface area contributed by atoms with E-state index in [1.54, 1.807) is 38.5 Å². The predicted molar refractivity (Wildman–Crippen MR) is 53.4 cm³/mol. The lowest BCUT2D eigenvalue weighted by Gasteiger charge is -1.96. The molecule has 0 aromatic heterocycles. The lowest BCUT2D eigenvalue weighted by Crippen LogP contribution is -1.88. The molecule has 4 saturated carbocycles. The van der Waals surface area contributed by atoms with E-state index < -0.39 is 0 Å². The molecule has 3 spiro atoms. The normalized spacial score (nSPS) is 57.5. The third kappa shape index (κ3) is 0.620. The van der Waals surface area contributed by atoms with Crippen LogP contribution in [0.4, 0.5) is 0 Å². The number of fused-ring (bicyclic) bond motifs is 2. The molecule has 0 aliphatic heterocycles. The van der Waals surface area contributed by atoms with Gasteiger partial charge in [-0.3, -0.25) is 0 Å². The summed E-state index contributed by atoms with van der Waals surface area (Å²) in [4.78, 5) is 0. The summed E-state index contributed by atoms with van der Waals surface area (Å²) in [7, 11) is 0. The molecule has 4 aliphatic rings. The van der Waals surface area contributed by atoms with Crippen molar-refractivity contribution in [2.75, 3.05) is 0 Å². The average molecular weight is 176 g/mol. The highest BCUT2D eigenvalue weighted by molar-refractivity contribution is 5.43. The fourth-order valence-electron chi connectivity index (χ4n) is 4.80. The lowest BCUT2D eigenvalue weighted by molar-refractivity contribution is 0.535. The summed E-state index contributed by atoms with van der Waals surface area (Å²) in [6.45, 7) is 2.33. The number of hydrogen-bond donors (Lipinski definition) is 0. The van der Waals surface area contributed by atoms with Gasteiger partial charge in [-0.1, -0.05) is 19.8 Å². The van der Waals surface area contributed by atoms with Crippen LogP contribution in [-0.4, -0.2) is 0 Å². The molecule has 0 heterocycles. The molecule has 0 aromatic rings. The molecule has 0 saturated heterocycles. The highest BCUT2D eigenvalue weighted by Gasteiger charge is 2.95.